The fourth-order valence-corrected chi connectivity index (χ4v) is 2.50. The van der Waals surface area contributed by atoms with E-state index < -0.39 is 0 Å². The third-order valence-corrected chi connectivity index (χ3v) is 3.83. The zero-order chi connectivity index (χ0) is 13.8. The number of benzene rings is 1. The maximum atomic E-state index is 10.7. The van der Waals surface area contributed by atoms with E-state index in [1.807, 2.05) is 6.07 Å². The van der Waals surface area contributed by atoms with E-state index in [0.717, 1.165) is 25.3 Å². The van der Waals surface area contributed by atoms with E-state index in [1.165, 1.54) is 12.8 Å². The molecule has 0 bridgehead atoms. The lowest BCUT2D eigenvalue weighted by atomic mass is 9.97. The predicted molar refractivity (Wildman–Crippen MR) is 76.5 cm³/mol. The van der Waals surface area contributed by atoms with Gasteiger partial charge in [0.15, 0.2) is 0 Å². The lowest BCUT2D eigenvalue weighted by Crippen LogP contribution is -2.32. The van der Waals surface area contributed by atoms with Crippen LogP contribution in [-0.4, -0.2) is 36.5 Å². The second kappa shape index (κ2) is 6.02. The highest BCUT2D eigenvalue weighted by Gasteiger charge is 2.16. The van der Waals surface area contributed by atoms with Crippen LogP contribution >= 0.6 is 0 Å². The lowest BCUT2D eigenvalue weighted by molar-refractivity contribution is -0.385. The van der Waals surface area contributed by atoms with Crippen molar-refractivity contribution in [3.8, 4) is 0 Å². The van der Waals surface area contributed by atoms with Crippen LogP contribution in [0.3, 0.4) is 0 Å². The molecule has 5 heteroatoms. The van der Waals surface area contributed by atoms with Crippen LogP contribution in [0.25, 0.3) is 0 Å². The molecule has 5 nitrogen and oxygen atoms in total. The fraction of sp³-hybridized carbons (Fsp3) is 0.571. The van der Waals surface area contributed by atoms with Gasteiger partial charge in [0.2, 0.25) is 0 Å². The molecule has 0 spiro atoms. The summed E-state index contributed by atoms with van der Waals surface area (Å²) in [4.78, 5) is 12.8. The number of anilines is 1. The van der Waals surface area contributed by atoms with Crippen LogP contribution in [0.5, 0.6) is 0 Å². The highest BCUT2D eigenvalue weighted by atomic mass is 16.6. The van der Waals surface area contributed by atoms with E-state index >= 15 is 0 Å². The zero-order valence-corrected chi connectivity index (χ0v) is 11.6. The Balaban J connectivity index is 1.89. The largest absolute Gasteiger partial charge is 0.385 e. The number of nitrogens with one attached hydrogen (secondary N) is 1. The molecular formula is C14H21N3O2. The van der Waals surface area contributed by atoms with Gasteiger partial charge in [-0.3, -0.25) is 10.1 Å². The molecule has 104 valence electrons. The maximum absolute atomic E-state index is 10.7. The van der Waals surface area contributed by atoms with Crippen molar-refractivity contribution < 1.29 is 4.92 Å². The van der Waals surface area contributed by atoms with Gasteiger partial charge in [0, 0.05) is 23.9 Å². The minimum Gasteiger partial charge on any atom is -0.385 e. The highest BCUT2D eigenvalue weighted by molar-refractivity contribution is 5.53. The summed E-state index contributed by atoms with van der Waals surface area (Å²) >= 11 is 0. The van der Waals surface area contributed by atoms with Crippen LogP contribution in [-0.2, 0) is 0 Å². The van der Waals surface area contributed by atoms with Crippen molar-refractivity contribution in [1.29, 1.82) is 0 Å². The molecule has 0 radical (unpaired) electrons. The molecule has 1 fully saturated rings. The second-order valence-electron chi connectivity index (χ2n) is 5.39. The maximum Gasteiger partial charge on any atom is 0.272 e. The third kappa shape index (κ3) is 3.67. The van der Waals surface area contributed by atoms with Crippen LogP contribution in [0, 0.1) is 23.0 Å². The molecule has 1 heterocycles. The summed E-state index contributed by atoms with van der Waals surface area (Å²) in [5, 5.41) is 14.1. The van der Waals surface area contributed by atoms with Gasteiger partial charge in [-0.25, -0.2) is 0 Å². The van der Waals surface area contributed by atoms with Crippen molar-refractivity contribution in [2.45, 2.75) is 19.8 Å². The van der Waals surface area contributed by atoms with E-state index in [2.05, 4.69) is 17.3 Å². The molecule has 2 rings (SSSR count). The van der Waals surface area contributed by atoms with Crippen LogP contribution in [0.4, 0.5) is 11.4 Å². The fourth-order valence-electron chi connectivity index (χ4n) is 2.50. The molecule has 19 heavy (non-hydrogen) atoms. The first-order valence-corrected chi connectivity index (χ1v) is 6.73. The topological polar surface area (TPSA) is 58.4 Å². The summed E-state index contributed by atoms with van der Waals surface area (Å²) in [6.07, 6.45) is 2.44. The smallest absolute Gasteiger partial charge is 0.272 e. The molecule has 1 aliphatic rings. The standard InChI is InChI=1S/C14H21N3O2/c1-11-9-13(3-4-14(11)17(18)19)15-10-12-5-7-16(2)8-6-12/h3-4,9,12,15H,5-8,10H2,1-2H3. The summed E-state index contributed by atoms with van der Waals surface area (Å²) < 4.78 is 0. The summed E-state index contributed by atoms with van der Waals surface area (Å²) in [6, 6.07) is 5.22. The number of nitro groups is 1. The van der Waals surface area contributed by atoms with E-state index in [4.69, 9.17) is 0 Å². The normalized spacial score (nSPS) is 17.4. The van der Waals surface area contributed by atoms with Gasteiger partial charge in [0.25, 0.3) is 5.69 Å². The Hall–Kier alpha value is -1.62. The first-order chi connectivity index (χ1) is 9.06. The average Bonchev–Trinajstić information content (AvgIpc) is 2.37. The van der Waals surface area contributed by atoms with E-state index in [0.29, 0.717) is 11.5 Å². The van der Waals surface area contributed by atoms with Crippen LogP contribution < -0.4 is 5.32 Å². The SMILES string of the molecule is Cc1cc(NCC2CCN(C)CC2)ccc1[N+](=O)[O-]. The number of nitrogens with zero attached hydrogens (tertiary/aromatic N) is 2. The second-order valence-corrected chi connectivity index (χ2v) is 5.39. The Morgan fingerprint density at radius 1 is 1.42 bits per heavy atom. The van der Waals surface area contributed by atoms with Gasteiger partial charge < -0.3 is 10.2 Å². The van der Waals surface area contributed by atoms with Gasteiger partial charge in [-0.05, 0) is 58.0 Å². The molecule has 0 aliphatic carbocycles. The molecule has 0 amide bonds. The Bertz CT molecular complexity index is 454. The predicted octanol–water partition coefficient (Wildman–Crippen LogP) is 2.66. The highest BCUT2D eigenvalue weighted by Crippen LogP contribution is 2.23. The molecule has 1 N–H and O–H groups in total. The molecule has 1 aromatic carbocycles. The molecule has 1 aromatic rings. The van der Waals surface area contributed by atoms with Crippen molar-refractivity contribution >= 4 is 11.4 Å². The molecular weight excluding hydrogens is 242 g/mol. The number of hydrogen-bond acceptors (Lipinski definition) is 4. The van der Waals surface area contributed by atoms with Gasteiger partial charge in [0.05, 0.1) is 4.92 Å². The van der Waals surface area contributed by atoms with Crippen LogP contribution in [0.15, 0.2) is 18.2 Å². The van der Waals surface area contributed by atoms with E-state index in [-0.39, 0.29) is 10.6 Å². The molecule has 0 atom stereocenters. The molecule has 0 saturated carbocycles. The van der Waals surface area contributed by atoms with Gasteiger partial charge in [-0.1, -0.05) is 0 Å². The van der Waals surface area contributed by atoms with Gasteiger partial charge in [-0.2, -0.15) is 0 Å². The molecule has 1 aliphatic heterocycles. The third-order valence-electron chi connectivity index (χ3n) is 3.83. The summed E-state index contributed by atoms with van der Waals surface area (Å²) in [6.45, 7) is 5.04. The van der Waals surface area contributed by atoms with Gasteiger partial charge in [-0.15, -0.1) is 0 Å². The molecule has 1 saturated heterocycles. The number of nitro benzene ring substituents is 1. The Labute approximate surface area is 113 Å². The average molecular weight is 263 g/mol. The van der Waals surface area contributed by atoms with Crippen molar-refractivity contribution in [2.75, 3.05) is 32.0 Å². The molecule has 0 unspecified atom stereocenters. The van der Waals surface area contributed by atoms with Gasteiger partial charge in [0.1, 0.15) is 0 Å². The van der Waals surface area contributed by atoms with Crippen molar-refractivity contribution in [3.05, 3.63) is 33.9 Å². The Morgan fingerprint density at radius 2 is 2.11 bits per heavy atom. The van der Waals surface area contributed by atoms with E-state index in [9.17, 15) is 10.1 Å². The lowest BCUT2D eigenvalue weighted by Gasteiger charge is -2.29. The zero-order valence-electron chi connectivity index (χ0n) is 11.6. The number of aryl methyl sites for hydroxylation is 1. The van der Waals surface area contributed by atoms with Crippen molar-refractivity contribution in [1.82, 2.24) is 4.90 Å². The summed E-state index contributed by atoms with van der Waals surface area (Å²) in [7, 11) is 2.16. The number of likely N-dealkylation sites (tertiary alicyclic amines) is 1. The minimum absolute atomic E-state index is 0.185. The van der Waals surface area contributed by atoms with E-state index in [1.54, 1.807) is 19.1 Å². The molecule has 0 aromatic heterocycles. The van der Waals surface area contributed by atoms with Crippen LogP contribution in [0.2, 0.25) is 0 Å². The summed E-state index contributed by atoms with van der Waals surface area (Å²) in [5.41, 5.74) is 1.87. The minimum atomic E-state index is -0.337. The Morgan fingerprint density at radius 3 is 2.68 bits per heavy atom. The van der Waals surface area contributed by atoms with Crippen LogP contribution in [0.1, 0.15) is 18.4 Å². The summed E-state index contributed by atoms with van der Waals surface area (Å²) in [5.74, 6) is 0.701. The number of piperidine rings is 1. The quantitative estimate of drug-likeness (QED) is 0.670. The van der Waals surface area contributed by atoms with Gasteiger partial charge >= 0.3 is 0 Å². The van der Waals surface area contributed by atoms with Crippen molar-refractivity contribution in [2.24, 2.45) is 5.92 Å². The first-order valence-electron chi connectivity index (χ1n) is 6.73. The number of rotatable bonds is 4. The Kier molecular flexibility index (Phi) is 4.37. The first kappa shape index (κ1) is 13.8. The van der Waals surface area contributed by atoms with Crippen molar-refractivity contribution in [3.63, 3.8) is 0 Å². The number of hydrogen-bond donors (Lipinski definition) is 1. The monoisotopic (exact) mass is 263 g/mol.